The van der Waals surface area contributed by atoms with E-state index in [4.69, 9.17) is 23.5 Å². The maximum atomic E-state index is 12.9. The quantitative estimate of drug-likeness (QED) is 0.396. The summed E-state index contributed by atoms with van der Waals surface area (Å²) in [7, 11) is 0. The highest BCUT2D eigenvalue weighted by atomic mass is 19.1. The van der Waals surface area contributed by atoms with Crippen molar-refractivity contribution in [2.75, 3.05) is 19.8 Å². The first-order valence-electron chi connectivity index (χ1n) is 10.5. The van der Waals surface area contributed by atoms with Gasteiger partial charge in [0.2, 0.25) is 5.82 Å². The summed E-state index contributed by atoms with van der Waals surface area (Å²) in [5, 5.41) is 6.20. The molecule has 0 atom stereocenters. The van der Waals surface area contributed by atoms with E-state index in [1.54, 1.807) is 18.2 Å². The minimum absolute atomic E-state index is 0.00897. The van der Waals surface area contributed by atoms with Crippen molar-refractivity contribution >= 4 is 11.9 Å². The SMILES string of the molecule is CCOc1ccc(C(=O)NCC(=O)OCc2nc(COc3ccc(F)cc3)no2)cc1OCC. The molecule has 1 N–H and O–H groups in total. The third kappa shape index (κ3) is 7.19. The maximum absolute atomic E-state index is 12.9. The van der Waals surface area contributed by atoms with Gasteiger partial charge in [-0.15, -0.1) is 0 Å². The minimum Gasteiger partial charge on any atom is -0.490 e. The van der Waals surface area contributed by atoms with Crippen LogP contribution in [0.5, 0.6) is 17.2 Å². The number of esters is 1. The minimum atomic E-state index is -0.688. The van der Waals surface area contributed by atoms with E-state index >= 15 is 0 Å². The van der Waals surface area contributed by atoms with E-state index < -0.39 is 11.9 Å². The van der Waals surface area contributed by atoms with Gasteiger partial charge in [-0.1, -0.05) is 5.16 Å². The number of amides is 1. The van der Waals surface area contributed by atoms with Crippen LogP contribution in [0.2, 0.25) is 0 Å². The highest BCUT2D eigenvalue weighted by molar-refractivity contribution is 5.96. The molecule has 3 rings (SSSR count). The van der Waals surface area contributed by atoms with Gasteiger partial charge in [0, 0.05) is 5.56 Å². The molecule has 10 nitrogen and oxygen atoms in total. The van der Waals surface area contributed by atoms with E-state index in [-0.39, 0.29) is 37.3 Å². The fourth-order valence-electron chi connectivity index (χ4n) is 2.73. The highest BCUT2D eigenvalue weighted by Crippen LogP contribution is 2.28. The largest absolute Gasteiger partial charge is 0.490 e. The normalized spacial score (nSPS) is 10.4. The number of benzene rings is 2. The Bertz CT molecular complexity index is 1100. The number of ether oxygens (including phenoxy) is 4. The van der Waals surface area contributed by atoms with Crippen molar-refractivity contribution in [3.05, 3.63) is 65.6 Å². The molecule has 1 heterocycles. The van der Waals surface area contributed by atoms with Crippen LogP contribution < -0.4 is 19.5 Å². The molecular weight excluding hydrogens is 449 g/mol. The molecule has 0 aliphatic carbocycles. The van der Waals surface area contributed by atoms with E-state index in [0.717, 1.165) is 0 Å². The van der Waals surface area contributed by atoms with Gasteiger partial charge in [-0.25, -0.2) is 4.39 Å². The van der Waals surface area contributed by atoms with Crippen LogP contribution in [0.4, 0.5) is 4.39 Å². The van der Waals surface area contributed by atoms with Gasteiger partial charge in [-0.2, -0.15) is 4.98 Å². The zero-order valence-electron chi connectivity index (χ0n) is 18.7. The van der Waals surface area contributed by atoms with Crippen molar-refractivity contribution in [1.82, 2.24) is 15.5 Å². The molecular formula is C23H24FN3O7. The molecule has 0 spiro atoms. The fourth-order valence-corrected chi connectivity index (χ4v) is 2.73. The van der Waals surface area contributed by atoms with Gasteiger partial charge in [-0.05, 0) is 56.3 Å². The van der Waals surface area contributed by atoms with E-state index in [1.165, 1.54) is 24.3 Å². The molecule has 180 valence electrons. The lowest BCUT2D eigenvalue weighted by Crippen LogP contribution is -2.30. The number of halogens is 1. The van der Waals surface area contributed by atoms with Crippen LogP contribution in [0.1, 0.15) is 35.9 Å². The Morgan fingerprint density at radius 2 is 1.71 bits per heavy atom. The Labute approximate surface area is 195 Å². The van der Waals surface area contributed by atoms with Gasteiger partial charge in [0.15, 0.2) is 24.7 Å². The van der Waals surface area contributed by atoms with Gasteiger partial charge in [0.05, 0.1) is 13.2 Å². The van der Waals surface area contributed by atoms with Crippen molar-refractivity contribution in [2.45, 2.75) is 27.1 Å². The molecule has 0 aliphatic heterocycles. The number of carbonyl (C=O) groups is 2. The zero-order valence-corrected chi connectivity index (χ0v) is 18.7. The summed E-state index contributed by atoms with van der Waals surface area (Å²) in [6.07, 6.45) is 0. The Morgan fingerprint density at radius 1 is 0.971 bits per heavy atom. The second kappa shape index (κ2) is 12.2. The van der Waals surface area contributed by atoms with Crippen LogP contribution in [-0.2, 0) is 22.7 Å². The lowest BCUT2D eigenvalue weighted by Gasteiger charge is -2.12. The van der Waals surface area contributed by atoms with Crippen LogP contribution in [0.25, 0.3) is 0 Å². The molecule has 1 aromatic heterocycles. The van der Waals surface area contributed by atoms with Crippen molar-refractivity contribution in [2.24, 2.45) is 0 Å². The van der Waals surface area contributed by atoms with Crippen molar-refractivity contribution in [1.29, 1.82) is 0 Å². The van der Waals surface area contributed by atoms with Gasteiger partial charge < -0.3 is 28.8 Å². The molecule has 34 heavy (non-hydrogen) atoms. The summed E-state index contributed by atoms with van der Waals surface area (Å²) in [5.74, 6) is 0.162. The second-order valence-corrected chi connectivity index (χ2v) is 6.72. The summed E-state index contributed by atoms with van der Waals surface area (Å²) in [6, 6.07) is 10.2. The Hall–Kier alpha value is -4.15. The molecule has 0 radical (unpaired) electrons. The van der Waals surface area contributed by atoms with Gasteiger partial charge >= 0.3 is 5.97 Å². The van der Waals surface area contributed by atoms with Gasteiger partial charge in [0.1, 0.15) is 18.1 Å². The van der Waals surface area contributed by atoms with Crippen LogP contribution in [0, 0.1) is 5.82 Å². The van der Waals surface area contributed by atoms with E-state index in [2.05, 4.69) is 15.5 Å². The van der Waals surface area contributed by atoms with E-state index in [1.807, 2.05) is 13.8 Å². The molecule has 0 saturated heterocycles. The number of nitrogens with zero attached hydrogens (tertiary/aromatic N) is 2. The summed E-state index contributed by atoms with van der Waals surface area (Å²) in [5.41, 5.74) is 0.308. The number of rotatable bonds is 12. The molecule has 0 bridgehead atoms. The molecule has 0 unspecified atom stereocenters. The first-order chi connectivity index (χ1) is 16.5. The van der Waals surface area contributed by atoms with Gasteiger partial charge in [-0.3, -0.25) is 9.59 Å². The third-order valence-electron chi connectivity index (χ3n) is 4.25. The van der Waals surface area contributed by atoms with Crippen LogP contribution in [-0.4, -0.2) is 41.8 Å². The number of carbonyl (C=O) groups excluding carboxylic acids is 2. The smallest absolute Gasteiger partial charge is 0.325 e. The number of hydrogen-bond donors (Lipinski definition) is 1. The van der Waals surface area contributed by atoms with Crippen LogP contribution in [0.3, 0.4) is 0 Å². The molecule has 3 aromatic rings. The zero-order chi connectivity index (χ0) is 24.3. The number of aromatic nitrogens is 2. The molecule has 0 saturated carbocycles. The third-order valence-corrected chi connectivity index (χ3v) is 4.25. The summed E-state index contributed by atoms with van der Waals surface area (Å²) in [6.45, 7) is 3.90. The average molecular weight is 473 g/mol. The summed E-state index contributed by atoms with van der Waals surface area (Å²) >= 11 is 0. The van der Waals surface area contributed by atoms with Crippen molar-refractivity contribution < 1.29 is 37.5 Å². The monoisotopic (exact) mass is 473 g/mol. The first-order valence-corrected chi connectivity index (χ1v) is 10.5. The van der Waals surface area contributed by atoms with E-state index in [0.29, 0.717) is 36.0 Å². The Kier molecular flexibility index (Phi) is 8.78. The number of nitrogens with one attached hydrogen (secondary N) is 1. The molecule has 0 fully saturated rings. The topological polar surface area (TPSA) is 122 Å². The maximum Gasteiger partial charge on any atom is 0.325 e. The molecule has 11 heteroatoms. The molecule has 1 amide bonds. The van der Waals surface area contributed by atoms with E-state index in [9.17, 15) is 14.0 Å². The number of hydrogen-bond acceptors (Lipinski definition) is 9. The lowest BCUT2D eigenvalue weighted by atomic mass is 10.2. The standard InChI is InChI=1S/C23H24FN3O7/c1-3-30-18-10-5-15(11-19(18)31-4-2)23(29)25-12-22(28)33-14-21-26-20(27-34-21)13-32-17-8-6-16(24)7-9-17/h5-11H,3-4,12-14H2,1-2H3,(H,25,29). The average Bonchev–Trinajstić information content (AvgIpc) is 3.30. The first kappa shape index (κ1) is 24.5. The van der Waals surface area contributed by atoms with Gasteiger partial charge in [0.25, 0.3) is 11.8 Å². The summed E-state index contributed by atoms with van der Waals surface area (Å²) < 4.78 is 39.3. The van der Waals surface area contributed by atoms with Crippen LogP contribution in [0.15, 0.2) is 47.0 Å². The Balaban J connectivity index is 1.43. The Morgan fingerprint density at radius 3 is 2.44 bits per heavy atom. The predicted octanol–water partition coefficient (Wildman–Crippen LogP) is 3.06. The lowest BCUT2D eigenvalue weighted by molar-refractivity contribution is -0.144. The molecule has 2 aromatic carbocycles. The van der Waals surface area contributed by atoms with Crippen molar-refractivity contribution in [3.8, 4) is 17.2 Å². The fraction of sp³-hybridized carbons (Fsp3) is 0.304. The highest BCUT2D eigenvalue weighted by Gasteiger charge is 2.14. The summed E-state index contributed by atoms with van der Waals surface area (Å²) in [4.78, 5) is 28.4. The predicted molar refractivity (Wildman–Crippen MR) is 116 cm³/mol. The second-order valence-electron chi connectivity index (χ2n) is 6.72. The van der Waals surface area contributed by atoms with Crippen LogP contribution >= 0.6 is 0 Å². The molecule has 0 aliphatic rings. The van der Waals surface area contributed by atoms with Crippen molar-refractivity contribution in [3.63, 3.8) is 0 Å².